The summed E-state index contributed by atoms with van der Waals surface area (Å²) < 4.78 is 5.55. The lowest BCUT2D eigenvalue weighted by molar-refractivity contribution is 0.279. The molecule has 0 fully saturated rings. The number of benzene rings is 1. The van der Waals surface area contributed by atoms with Crippen molar-refractivity contribution in [3.63, 3.8) is 0 Å². The average Bonchev–Trinajstić information content (AvgIpc) is 2.60. The lowest BCUT2D eigenvalue weighted by Gasteiger charge is -1.96. The Kier molecular flexibility index (Phi) is 2.88. The summed E-state index contributed by atoms with van der Waals surface area (Å²) in [5.41, 5.74) is 2.09. The molecule has 0 aliphatic rings. The van der Waals surface area contributed by atoms with Crippen LogP contribution >= 0.6 is 0 Å². The number of aliphatic hydroxyl groups excluding tert-OH is 1. The molecule has 0 saturated carbocycles. The maximum Gasteiger partial charge on any atom is 0.108 e. The van der Waals surface area contributed by atoms with Crippen LogP contribution in [0, 0.1) is 6.92 Å². The predicted octanol–water partition coefficient (Wildman–Crippen LogP) is 2.67. The Morgan fingerprint density at radius 3 is 2.53 bits per heavy atom. The molecular formula is C13H14O2. The fraction of sp³-hybridized carbons (Fsp3) is 0.231. The normalized spacial score (nSPS) is 10.5. The molecule has 0 amide bonds. The van der Waals surface area contributed by atoms with E-state index in [1.165, 1.54) is 5.56 Å². The Bertz CT molecular complexity index is 429. The molecule has 1 aromatic carbocycles. The highest BCUT2D eigenvalue weighted by Gasteiger charge is 2.06. The van der Waals surface area contributed by atoms with Gasteiger partial charge >= 0.3 is 0 Å². The molecule has 0 radical (unpaired) electrons. The van der Waals surface area contributed by atoms with Crippen LogP contribution in [-0.4, -0.2) is 5.11 Å². The number of rotatable bonds is 3. The fourth-order valence-corrected chi connectivity index (χ4v) is 1.63. The van der Waals surface area contributed by atoms with Crippen molar-refractivity contribution in [2.45, 2.75) is 20.0 Å². The highest BCUT2D eigenvalue weighted by atomic mass is 16.3. The summed E-state index contributed by atoms with van der Waals surface area (Å²) in [5.74, 6) is 1.71. The van der Waals surface area contributed by atoms with Gasteiger partial charge in [0, 0.05) is 12.0 Å². The van der Waals surface area contributed by atoms with E-state index < -0.39 is 0 Å². The van der Waals surface area contributed by atoms with Crippen LogP contribution in [0.4, 0.5) is 0 Å². The molecule has 1 aromatic heterocycles. The van der Waals surface area contributed by atoms with Crippen LogP contribution in [-0.2, 0) is 13.0 Å². The summed E-state index contributed by atoms with van der Waals surface area (Å²) in [6.07, 6.45) is 0.779. The van der Waals surface area contributed by atoms with Crippen LogP contribution in [0.3, 0.4) is 0 Å². The molecule has 1 N–H and O–H groups in total. The molecule has 2 heteroatoms. The van der Waals surface area contributed by atoms with Crippen LogP contribution in [0.25, 0.3) is 0 Å². The summed E-state index contributed by atoms with van der Waals surface area (Å²) in [4.78, 5) is 0. The SMILES string of the molecule is Cc1oc(Cc2ccccc2)cc1CO. The minimum Gasteiger partial charge on any atom is -0.466 e. The van der Waals surface area contributed by atoms with Crippen molar-refractivity contribution < 1.29 is 9.52 Å². The largest absolute Gasteiger partial charge is 0.466 e. The lowest BCUT2D eigenvalue weighted by Crippen LogP contribution is -1.84. The Morgan fingerprint density at radius 1 is 1.20 bits per heavy atom. The first-order valence-electron chi connectivity index (χ1n) is 5.02. The van der Waals surface area contributed by atoms with Gasteiger partial charge in [-0.2, -0.15) is 0 Å². The number of aryl methyl sites for hydroxylation is 1. The molecule has 0 spiro atoms. The average molecular weight is 202 g/mol. The second kappa shape index (κ2) is 4.32. The third-order valence-electron chi connectivity index (χ3n) is 2.46. The molecule has 2 rings (SSSR count). The Morgan fingerprint density at radius 2 is 1.93 bits per heavy atom. The molecule has 0 atom stereocenters. The van der Waals surface area contributed by atoms with Crippen LogP contribution in [0.2, 0.25) is 0 Å². The minimum absolute atomic E-state index is 0.0458. The first kappa shape index (κ1) is 9.99. The fourth-order valence-electron chi connectivity index (χ4n) is 1.63. The maximum absolute atomic E-state index is 9.04. The summed E-state index contributed by atoms with van der Waals surface area (Å²) in [7, 11) is 0. The van der Waals surface area contributed by atoms with E-state index in [1.54, 1.807) is 0 Å². The highest BCUT2D eigenvalue weighted by Crippen LogP contribution is 2.17. The molecule has 2 nitrogen and oxygen atoms in total. The van der Waals surface area contributed by atoms with E-state index in [0.717, 1.165) is 23.5 Å². The van der Waals surface area contributed by atoms with Crippen molar-refractivity contribution >= 4 is 0 Å². The molecular weight excluding hydrogens is 188 g/mol. The smallest absolute Gasteiger partial charge is 0.108 e. The first-order valence-corrected chi connectivity index (χ1v) is 5.02. The molecule has 0 bridgehead atoms. The zero-order valence-electron chi connectivity index (χ0n) is 8.73. The molecule has 78 valence electrons. The monoisotopic (exact) mass is 202 g/mol. The number of aliphatic hydroxyl groups is 1. The van der Waals surface area contributed by atoms with E-state index in [2.05, 4.69) is 12.1 Å². The van der Waals surface area contributed by atoms with Gasteiger partial charge in [-0.1, -0.05) is 30.3 Å². The van der Waals surface area contributed by atoms with Gasteiger partial charge in [0.15, 0.2) is 0 Å². The summed E-state index contributed by atoms with van der Waals surface area (Å²) >= 11 is 0. The molecule has 0 unspecified atom stereocenters. The first-order chi connectivity index (χ1) is 7.29. The quantitative estimate of drug-likeness (QED) is 0.830. The lowest BCUT2D eigenvalue weighted by atomic mass is 10.1. The molecule has 0 aliphatic heterocycles. The maximum atomic E-state index is 9.04. The van der Waals surface area contributed by atoms with Gasteiger partial charge in [0.2, 0.25) is 0 Å². The number of furan rings is 1. The van der Waals surface area contributed by atoms with Gasteiger partial charge in [-0.05, 0) is 18.6 Å². The van der Waals surface area contributed by atoms with Crippen molar-refractivity contribution in [1.29, 1.82) is 0 Å². The summed E-state index contributed by atoms with van der Waals surface area (Å²) in [5, 5.41) is 9.04. The van der Waals surface area contributed by atoms with Gasteiger partial charge in [-0.25, -0.2) is 0 Å². The van der Waals surface area contributed by atoms with Gasteiger partial charge < -0.3 is 9.52 Å². The zero-order chi connectivity index (χ0) is 10.7. The van der Waals surface area contributed by atoms with Crippen molar-refractivity contribution in [3.8, 4) is 0 Å². The van der Waals surface area contributed by atoms with Crippen LogP contribution < -0.4 is 0 Å². The number of hydrogen-bond donors (Lipinski definition) is 1. The van der Waals surface area contributed by atoms with Crippen LogP contribution in [0.5, 0.6) is 0 Å². The Balaban J connectivity index is 2.18. The van der Waals surface area contributed by atoms with E-state index >= 15 is 0 Å². The Hall–Kier alpha value is -1.54. The molecule has 1 heterocycles. The Labute approximate surface area is 89.2 Å². The standard InChI is InChI=1S/C13H14O2/c1-10-12(9-14)8-13(15-10)7-11-5-3-2-4-6-11/h2-6,8,14H,7,9H2,1H3. The van der Waals surface area contributed by atoms with E-state index in [9.17, 15) is 0 Å². The van der Waals surface area contributed by atoms with Gasteiger partial charge in [0.05, 0.1) is 6.61 Å². The highest BCUT2D eigenvalue weighted by molar-refractivity contribution is 5.25. The van der Waals surface area contributed by atoms with E-state index in [0.29, 0.717) is 0 Å². The number of hydrogen-bond acceptors (Lipinski definition) is 2. The third kappa shape index (κ3) is 2.28. The van der Waals surface area contributed by atoms with Gasteiger partial charge in [-0.15, -0.1) is 0 Å². The molecule has 15 heavy (non-hydrogen) atoms. The minimum atomic E-state index is 0.0458. The summed E-state index contributed by atoms with van der Waals surface area (Å²) in [6, 6.07) is 12.1. The summed E-state index contributed by atoms with van der Waals surface area (Å²) in [6.45, 7) is 1.92. The van der Waals surface area contributed by atoms with Crippen molar-refractivity contribution in [3.05, 3.63) is 59.0 Å². The van der Waals surface area contributed by atoms with Gasteiger partial charge in [-0.3, -0.25) is 0 Å². The van der Waals surface area contributed by atoms with E-state index in [1.807, 2.05) is 31.2 Å². The van der Waals surface area contributed by atoms with Crippen molar-refractivity contribution in [2.75, 3.05) is 0 Å². The van der Waals surface area contributed by atoms with E-state index in [-0.39, 0.29) is 6.61 Å². The second-order valence-corrected chi connectivity index (χ2v) is 3.61. The van der Waals surface area contributed by atoms with Crippen LogP contribution in [0.15, 0.2) is 40.8 Å². The van der Waals surface area contributed by atoms with Crippen molar-refractivity contribution in [2.24, 2.45) is 0 Å². The zero-order valence-corrected chi connectivity index (χ0v) is 8.73. The molecule has 0 saturated heterocycles. The predicted molar refractivity (Wildman–Crippen MR) is 58.6 cm³/mol. The molecule has 0 aliphatic carbocycles. The van der Waals surface area contributed by atoms with E-state index in [4.69, 9.17) is 9.52 Å². The van der Waals surface area contributed by atoms with Gasteiger partial charge in [0.25, 0.3) is 0 Å². The second-order valence-electron chi connectivity index (χ2n) is 3.61. The topological polar surface area (TPSA) is 33.4 Å². The molecule has 2 aromatic rings. The van der Waals surface area contributed by atoms with Crippen molar-refractivity contribution in [1.82, 2.24) is 0 Å². The van der Waals surface area contributed by atoms with Gasteiger partial charge in [0.1, 0.15) is 11.5 Å². The van der Waals surface area contributed by atoms with Crippen LogP contribution in [0.1, 0.15) is 22.6 Å². The third-order valence-corrected chi connectivity index (χ3v) is 2.46.